The third-order valence-electron chi connectivity index (χ3n) is 4.22. The second-order valence-corrected chi connectivity index (χ2v) is 9.64. The molecule has 10 heteroatoms. The lowest BCUT2D eigenvalue weighted by Crippen LogP contribution is -2.13. The monoisotopic (exact) mass is 461 g/mol. The van der Waals surface area contributed by atoms with E-state index in [1.165, 1.54) is 24.5 Å². The van der Waals surface area contributed by atoms with Crippen molar-refractivity contribution in [3.63, 3.8) is 0 Å². The van der Waals surface area contributed by atoms with Crippen LogP contribution in [-0.4, -0.2) is 25.7 Å². The molecule has 0 saturated heterocycles. The van der Waals surface area contributed by atoms with E-state index in [-0.39, 0.29) is 10.8 Å². The summed E-state index contributed by atoms with van der Waals surface area (Å²) in [6, 6.07) is 15.3. The van der Waals surface area contributed by atoms with Gasteiger partial charge in [-0.15, -0.1) is 11.3 Å². The summed E-state index contributed by atoms with van der Waals surface area (Å²) in [5.74, 6) is 1.20. The van der Waals surface area contributed by atoms with E-state index in [0.717, 1.165) is 5.56 Å². The average molecular weight is 462 g/mol. The number of ether oxygens (including phenoxy) is 1. The first-order valence-corrected chi connectivity index (χ1v) is 11.4. The van der Waals surface area contributed by atoms with Crippen molar-refractivity contribution in [2.24, 2.45) is 0 Å². The molecule has 30 heavy (non-hydrogen) atoms. The molecule has 1 N–H and O–H groups in total. The highest BCUT2D eigenvalue weighted by Gasteiger charge is 2.23. The Balaban J connectivity index is 1.62. The van der Waals surface area contributed by atoms with Crippen LogP contribution in [-0.2, 0) is 10.0 Å². The van der Waals surface area contributed by atoms with Gasteiger partial charge in [-0.1, -0.05) is 22.8 Å². The normalized spacial score (nSPS) is 11.4. The van der Waals surface area contributed by atoms with Gasteiger partial charge in [-0.2, -0.15) is 4.98 Å². The highest BCUT2D eigenvalue weighted by molar-refractivity contribution is 7.93. The van der Waals surface area contributed by atoms with Gasteiger partial charge in [0.2, 0.25) is 5.82 Å². The van der Waals surface area contributed by atoms with Crippen LogP contribution in [0.1, 0.15) is 4.88 Å². The quantitative estimate of drug-likeness (QED) is 0.422. The lowest BCUT2D eigenvalue weighted by Gasteiger charge is -2.08. The number of hydrogen-bond acceptors (Lipinski definition) is 7. The molecule has 0 fully saturated rings. The maximum Gasteiger partial charge on any atom is 0.268 e. The van der Waals surface area contributed by atoms with Crippen molar-refractivity contribution in [3.05, 3.63) is 64.5 Å². The third-order valence-corrected chi connectivity index (χ3v) is 7.15. The first-order chi connectivity index (χ1) is 14.4. The molecule has 7 nitrogen and oxygen atoms in total. The average Bonchev–Trinajstić information content (AvgIpc) is 3.35. The Morgan fingerprint density at radius 3 is 2.63 bits per heavy atom. The number of benzene rings is 2. The number of aryl methyl sites for hydroxylation is 1. The minimum Gasteiger partial charge on any atom is -0.497 e. The van der Waals surface area contributed by atoms with E-state index >= 15 is 0 Å². The summed E-state index contributed by atoms with van der Waals surface area (Å²) in [6.45, 7) is 1.73. The maximum atomic E-state index is 12.9. The molecular formula is C20H16ClN3O4S2. The predicted octanol–water partition coefficient (Wildman–Crippen LogP) is 5.24. The number of aromatic nitrogens is 2. The van der Waals surface area contributed by atoms with Gasteiger partial charge >= 0.3 is 0 Å². The van der Waals surface area contributed by atoms with Crippen LogP contribution in [0.5, 0.6) is 5.75 Å². The molecule has 0 aliphatic carbocycles. The summed E-state index contributed by atoms with van der Waals surface area (Å²) >= 11 is 7.17. The highest BCUT2D eigenvalue weighted by atomic mass is 35.5. The van der Waals surface area contributed by atoms with Gasteiger partial charge in [-0.3, -0.25) is 4.72 Å². The van der Waals surface area contributed by atoms with Crippen LogP contribution in [0.3, 0.4) is 0 Å². The van der Waals surface area contributed by atoms with Gasteiger partial charge in [0.05, 0.1) is 17.7 Å². The van der Waals surface area contributed by atoms with Gasteiger partial charge in [0.15, 0.2) is 0 Å². The minimum absolute atomic E-state index is 0.150. The summed E-state index contributed by atoms with van der Waals surface area (Å²) in [7, 11) is -2.29. The molecule has 0 radical (unpaired) electrons. The number of hydrogen-bond donors (Lipinski definition) is 1. The zero-order valence-corrected chi connectivity index (χ0v) is 18.3. The van der Waals surface area contributed by atoms with Crippen LogP contribution < -0.4 is 9.46 Å². The van der Waals surface area contributed by atoms with Crippen LogP contribution in [0.15, 0.2) is 64.0 Å². The van der Waals surface area contributed by atoms with Crippen LogP contribution in [0.2, 0.25) is 5.02 Å². The minimum atomic E-state index is -3.81. The van der Waals surface area contributed by atoms with Crippen molar-refractivity contribution in [1.29, 1.82) is 0 Å². The molecule has 0 aliphatic heterocycles. The number of rotatable bonds is 6. The van der Waals surface area contributed by atoms with Crippen LogP contribution >= 0.6 is 22.9 Å². The van der Waals surface area contributed by atoms with E-state index in [1.54, 1.807) is 55.5 Å². The van der Waals surface area contributed by atoms with Crippen molar-refractivity contribution in [2.75, 3.05) is 11.8 Å². The molecule has 4 aromatic rings. The Morgan fingerprint density at radius 2 is 1.90 bits per heavy atom. The topological polar surface area (TPSA) is 94.3 Å². The third kappa shape index (κ3) is 4.18. The molecule has 0 amide bonds. The first kappa shape index (κ1) is 20.4. The van der Waals surface area contributed by atoms with E-state index in [2.05, 4.69) is 14.9 Å². The molecule has 2 heterocycles. The molecule has 2 aromatic heterocycles. The predicted molar refractivity (Wildman–Crippen MR) is 117 cm³/mol. The molecule has 2 aromatic carbocycles. The number of nitrogens with zero attached hydrogens (tertiary/aromatic N) is 2. The van der Waals surface area contributed by atoms with Crippen molar-refractivity contribution >= 4 is 38.6 Å². The van der Waals surface area contributed by atoms with Crippen molar-refractivity contribution in [1.82, 2.24) is 10.1 Å². The van der Waals surface area contributed by atoms with Crippen molar-refractivity contribution in [3.8, 4) is 27.9 Å². The smallest absolute Gasteiger partial charge is 0.268 e. The summed E-state index contributed by atoms with van der Waals surface area (Å²) in [5, 5.41) is 4.59. The second-order valence-electron chi connectivity index (χ2n) is 6.30. The Kier molecular flexibility index (Phi) is 5.50. The summed E-state index contributed by atoms with van der Waals surface area (Å²) in [5.41, 5.74) is 1.15. The van der Waals surface area contributed by atoms with Crippen molar-refractivity contribution in [2.45, 2.75) is 11.8 Å². The van der Waals surface area contributed by atoms with Gasteiger partial charge in [-0.25, -0.2) is 8.42 Å². The first-order valence-electron chi connectivity index (χ1n) is 8.73. The molecular weight excluding hydrogens is 446 g/mol. The van der Waals surface area contributed by atoms with E-state index < -0.39 is 10.0 Å². The Bertz CT molecular complexity index is 1300. The summed E-state index contributed by atoms with van der Waals surface area (Å²) in [4.78, 5) is 5.70. The summed E-state index contributed by atoms with van der Waals surface area (Å²) < 4.78 is 38.9. The lowest BCUT2D eigenvalue weighted by atomic mass is 10.2. The summed E-state index contributed by atoms with van der Waals surface area (Å²) in [6.07, 6.45) is 0. The highest BCUT2D eigenvalue weighted by Crippen LogP contribution is 2.34. The fourth-order valence-electron chi connectivity index (χ4n) is 2.77. The Hall–Kier alpha value is -2.88. The number of sulfonamides is 1. The SMILES string of the molecule is COc1cccc(NS(=O)(=O)c2cc(-c3nc(-c4ccc(Cl)cc4)no3)sc2C)c1. The van der Waals surface area contributed by atoms with E-state index in [4.69, 9.17) is 20.9 Å². The number of nitrogens with one attached hydrogen (secondary N) is 1. The molecule has 154 valence electrons. The largest absolute Gasteiger partial charge is 0.497 e. The molecule has 0 aliphatic rings. The van der Waals surface area contributed by atoms with E-state index in [0.29, 0.717) is 32.0 Å². The Morgan fingerprint density at radius 1 is 1.13 bits per heavy atom. The van der Waals surface area contributed by atoms with E-state index in [9.17, 15) is 8.42 Å². The van der Waals surface area contributed by atoms with E-state index in [1.807, 2.05) is 0 Å². The lowest BCUT2D eigenvalue weighted by molar-refractivity contribution is 0.415. The second kappa shape index (κ2) is 8.10. The van der Waals surface area contributed by atoms with Gasteiger partial charge < -0.3 is 9.26 Å². The van der Waals surface area contributed by atoms with Gasteiger partial charge in [-0.05, 0) is 49.4 Å². The van der Waals surface area contributed by atoms with Crippen molar-refractivity contribution < 1.29 is 17.7 Å². The zero-order valence-electron chi connectivity index (χ0n) is 15.9. The standard InChI is InChI=1S/C20H16ClN3O4S2/c1-12-18(30(25,26)24-15-4-3-5-16(10-15)27-2)11-17(29-12)20-22-19(23-28-20)13-6-8-14(21)9-7-13/h3-11,24H,1-2H3. The maximum absolute atomic E-state index is 12.9. The van der Waals surface area contributed by atoms with Crippen LogP contribution in [0.4, 0.5) is 5.69 Å². The molecule has 0 saturated carbocycles. The fourth-order valence-corrected chi connectivity index (χ4v) is 5.46. The van der Waals surface area contributed by atoms with Crippen LogP contribution in [0, 0.1) is 6.92 Å². The zero-order chi connectivity index (χ0) is 21.3. The van der Waals surface area contributed by atoms with Crippen LogP contribution in [0.25, 0.3) is 22.2 Å². The fraction of sp³-hybridized carbons (Fsp3) is 0.100. The molecule has 0 unspecified atom stereocenters. The van der Waals surface area contributed by atoms with Gasteiger partial charge in [0, 0.05) is 21.5 Å². The number of halogens is 1. The number of methoxy groups -OCH3 is 1. The molecule has 4 rings (SSSR count). The van der Waals surface area contributed by atoms with Gasteiger partial charge in [0.25, 0.3) is 15.9 Å². The number of thiophene rings is 1. The Labute approximate surface area is 182 Å². The van der Waals surface area contributed by atoms with Gasteiger partial charge in [0.1, 0.15) is 10.6 Å². The number of anilines is 1. The molecule has 0 atom stereocenters. The molecule has 0 spiro atoms. The molecule has 0 bridgehead atoms.